The first-order valence-corrected chi connectivity index (χ1v) is 5.35. The van der Waals surface area contributed by atoms with Gasteiger partial charge in [0.2, 0.25) is 0 Å². The second kappa shape index (κ2) is 6.74. The van der Waals surface area contributed by atoms with Crippen LogP contribution in [0.2, 0.25) is 0 Å². The number of ether oxygens (including phenoxy) is 1. The highest BCUT2D eigenvalue weighted by Crippen LogP contribution is 2.18. The van der Waals surface area contributed by atoms with Crippen LogP contribution in [0.3, 0.4) is 0 Å². The van der Waals surface area contributed by atoms with Crippen molar-refractivity contribution in [2.24, 2.45) is 0 Å². The van der Waals surface area contributed by atoms with Crippen molar-refractivity contribution in [2.45, 2.75) is 6.10 Å². The zero-order valence-corrected chi connectivity index (χ0v) is 10.5. The number of carbonyl (C=O) groups is 1. The number of nitrogens with one attached hydrogen (secondary N) is 2. The lowest BCUT2D eigenvalue weighted by atomic mass is 10.2. The molecule has 2 rings (SSSR count). The van der Waals surface area contributed by atoms with E-state index in [2.05, 4.69) is 10.6 Å². The Bertz CT molecular complexity index is 467. The van der Waals surface area contributed by atoms with Gasteiger partial charge >= 0.3 is 0 Å². The molecule has 1 aromatic rings. The molecule has 8 heteroatoms. The molecule has 0 aliphatic carbocycles. The lowest BCUT2D eigenvalue weighted by Gasteiger charge is -2.22. The summed E-state index contributed by atoms with van der Waals surface area (Å²) < 4.78 is 44.0. The Morgan fingerprint density at radius 1 is 1.26 bits per heavy atom. The SMILES string of the molecule is Cl.O=C(Nc1cc(F)c(F)cc1F)C1CNCCO1. The molecule has 0 bridgehead atoms. The van der Waals surface area contributed by atoms with E-state index in [0.717, 1.165) is 0 Å². The number of hydrogen-bond donors (Lipinski definition) is 2. The molecule has 0 spiro atoms. The summed E-state index contributed by atoms with van der Waals surface area (Å²) in [5, 5.41) is 5.09. The maximum absolute atomic E-state index is 13.3. The Morgan fingerprint density at radius 2 is 1.95 bits per heavy atom. The fraction of sp³-hybridized carbons (Fsp3) is 0.364. The number of rotatable bonds is 2. The molecule has 4 nitrogen and oxygen atoms in total. The van der Waals surface area contributed by atoms with Gasteiger partial charge in [0.05, 0.1) is 12.3 Å². The number of halogens is 4. The molecular formula is C11H12ClF3N2O2. The predicted molar refractivity (Wildman–Crippen MR) is 64.8 cm³/mol. The first-order valence-electron chi connectivity index (χ1n) is 5.35. The fourth-order valence-corrected chi connectivity index (χ4v) is 1.57. The van der Waals surface area contributed by atoms with Crippen LogP contribution in [0.25, 0.3) is 0 Å². The number of morpholine rings is 1. The fourth-order valence-electron chi connectivity index (χ4n) is 1.57. The van der Waals surface area contributed by atoms with Gasteiger partial charge in [0, 0.05) is 25.2 Å². The smallest absolute Gasteiger partial charge is 0.254 e. The molecule has 0 radical (unpaired) electrons. The molecule has 1 atom stereocenters. The maximum Gasteiger partial charge on any atom is 0.254 e. The minimum absolute atomic E-state index is 0. The number of amides is 1. The largest absolute Gasteiger partial charge is 0.366 e. The standard InChI is InChI=1S/C11H11F3N2O2.ClH/c12-6-3-8(14)9(4-7(6)13)16-11(17)10-5-15-1-2-18-10;/h3-4,10,15H,1-2,5H2,(H,16,17);1H. The normalized spacial score (nSPS) is 18.6. The predicted octanol–water partition coefficient (Wildman–Crippen LogP) is 1.45. The summed E-state index contributed by atoms with van der Waals surface area (Å²) in [6.45, 7) is 1.28. The van der Waals surface area contributed by atoms with Gasteiger partial charge in [-0.15, -0.1) is 12.4 Å². The third kappa shape index (κ3) is 3.82. The second-order valence-corrected chi connectivity index (χ2v) is 3.80. The summed E-state index contributed by atoms with van der Waals surface area (Å²) >= 11 is 0. The van der Waals surface area contributed by atoms with E-state index >= 15 is 0 Å². The maximum atomic E-state index is 13.3. The van der Waals surface area contributed by atoms with Crippen LogP contribution >= 0.6 is 12.4 Å². The lowest BCUT2D eigenvalue weighted by molar-refractivity contribution is -0.128. The number of carbonyl (C=O) groups excluding carboxylic acids is 1. The topological polar surface area (TPSA) is 50.4 Å². The summed E-state index contributed by atoms with van der Waals surface area (Å²) in [6.07, 6.45) is -0.772. The summed E-state index contributed by atoms with van der Waals surface area (Å²) in [6, 6.07) is 0.976. The van der Waals surface area contributed by atoms with Gasteiger partial charge in [0.15, 0.2) is 11.6 Å². The Morgan fingerprint density at radius 3 is 2.58 bits per heavy atom. The van der Waals surface area contributed by atoms with Crippen LogP contribution in [0.15, 0.2) is 12.1 Å². The quantitative estimate of drug-likeness (QED) is 0.812. The van der Waals surface area contributed by atoms with Gasteiger partial charge in [0.1, 0.15) is 11.9 Å². The van der Waals surface area contributed by atoms with Gasteiger partial charge in [0.25, 0.3) is 5.91 Å². The molecule has 19 heavy (non-hydrogen) atoms. The van der Waals surface area contributed by atoms with Crippen molar-refractivity contribution in [1.82, 2.24) is 5.32 Å². The third-order valence-corrected chi connectivity index (χ3v) is 2.49. The van der Waals surface area contributed by atoms with E-state index in [0.29, 0.717) is 25.3 Å². The van der Waals surface area contributed by atoms with E-state index in [1.165, 1.54) is 0 Å². The van der Waals surface area contributed by atoms with Crippen molar-refractivity contribution >= 4 is 24.0 Å². The van der Waals surface area contributed by atoms with Crippen LogP contribution in [0.5, 0.6) is 0 Å². The minimum atomic E-state index is -1.30. The van der Waals surface area contributed by atoms with Crippen LogP contribution in [-0.4, -0.2) is 31.7 Å². The van der Waals surface area contributed by atoms with E-state index in [4.69, 9.17) is 4.74 Å². The van der Waals surface area contributed by atoms with Crippen LogP contribution in [-0.2, 0) is 9.53 Å². The Hall–Kier alpha value is -1.31. The lowest BCUT2D eigenvalue weighted by Crippen LogP contribution is -2.45. The average Bonchev–Trinajstić information content (AvgIpc) is 2.37. The second-order valence-electron chi connectivity index (χ2n) is 3.80. The molecule has 0 saturated carbocycles. The summed E-state index contributed by atoms with van der Waals surface area (Å²) in [7, 11) is 0. The van der Waals surface area contributed by atoms with E-state index in [-0.39, 0.29) is 19.0 Å². The monoisotopic (exact) mass is 296 g/mol. The molecule has 0 aromatic heterocycles. The van der Waals surface area contributed by atoms with Crippen molar-refractivity contribution in [1.29, 1.82) is 0 Å². The molecule has 1 fully saturated rings. The number of hydrogen-bond acceptors (Lipinski definition) is 3. The van der Waals surface area contributed by atoms with Gasteiger partial charge in [-0.2, -0.15) is 0 Å². The average molecular weight is 297 g/mol. The Labute approximate surface area is 113 Å². The highest BCUT2D eigenvalue weighted by molar-refractivity contribution is 5.94. The van der Waals surface area contributed by atoms with E-state index < -0.39 is 35.2 Å². The van der Waals surface area contributed by atoms with Crippen LogP contribution in [0.4, 0.5) is 18.9 Å². The molecule has 1 unspecified atom stereocenters. The van der Waals surface area contributed by atoms with Gasteiger partial charge in [-0.25, -0.2) is 13.2 Å². The highest BCUT2D eigenvalue weighted by atomic mass is 35.5. The molecule has 1 aliphatic heterocycles. The van der Waals surface area contributed by atoms with Crippen LogP contribution < -0.4 is 10.6 Å². The highest BCUT2D eigenvalue weighted by Gasteiger charge is 2.23. The van der Waals surface area contributed by atoms with E-state index in [1.807, 2.05) is 0 Å². The molecule has 2 N–H and O–H groups in total. The number of anilines is 1. The van der Waals surface area contributed by atoms with Crippen molar-refractivity contribution < 1.29 is 22.7 Å². The molecular weight excluding hydrogens is 285 g/mol. The molecule has 106 valence electrons. The summed E-state index contributed by atoms with van der Waals surface area (Å²) in [5.41, 5.74) is -0.409. The molecule has 1 saturated heterocycles. The number of benzene rings is 1. The van der Waals surface area contributed by atoms with Gasteiger partial charge in [-0.1, -0.05) is 0 Å². The van der Waals surface area contributed by atoms with Crippen molar-refractivity contribution in [3.8, 4) is 0 Å². The van der Waals surface area contributed by atoms with Crippen molar-refractivity contribution in [3.05, 3.63) is 29.6 Å². The summed E-state index contributed by atoms with van der Waals surface area (Å²) in [4.78, 5) is 11.7. The van der Waals surface area contributed by atoms with Gasteiger partial charge in [-0.3, -0.25) is 4.79 Å². The zero-order valence-electron chi connectivity index (χ0n) is 9.71. The first kappa shape index (κ1) is 15.7. The van der Waals surface area contributed by atoms with Crippen LogP contribution in [0, 0.1) is 17.5 Å². The first-order chi connectivity index (χ1) is 8.58. The molecule has 1 aromatic carbocycles. The molecule has 1 amide bonds. The van der Waals surface area contributed by atoms with Gasteiger partial charge in [-0.05, 0) is 0 Å². The minimum Gasteiger partial charge on any atom is -0.366 e. The Balaban J connectivity index is 0.00000180. The molecule has 1 heterocycles. The van der Waals surface area contributed by atoms with Gasteiger partial charge < -0.3 is 15.4 Å². The van der Waals surface area contributed by atoms with E-state index in [1.54, 1.807) is 0 Å². The van der Waals surface area contributed by atoms with Crippen molar-refractivity contribution in [2.75, 3.05) is 25.0 Å². The summed E-state index contributed by atoms with van der Waals surface area (Å²) in [5.74, 6) is -4.17. The van der Waals surface area contributed by atoms with Crippen molar-refractivity contribution in [3.63, 3.8) is 0 Å². The van der Waals surface area contributed by atoms with Crippen LogP contribution in [0.1, 0.15) is 0 Å². The zero-order chi connectivity index (χ0) is 13.1. The third-order valence-electron chi connectivity index (χ3n) is 2.49. The van der Waals surface area contributed by atoms with E-state index in [9.17, 15) is 18.0 Å². The molecule has 1 aliphatic rings. The Kier molecular flexibility index (Phi) is 5.59.